The monoisotopic (exact) mass is 314 g/mol. The molecule has 1 aromatic carbocycles. The maximum atomic E-state index is 12.2. The van der Waals surface area contributed by atoms with Crippen molar-refractivity contribution in [2.24, 2.45) is 5.92 Å². The number of ether oxygens (including phenoxy) is 1. The molecule has 0 spiro atoms. The van der Waals surface area contributed by atoms with Crippen LogP contribution in [-0.4, -0.2) is 23.7 Å². The fourth-order valence-electron chi connectivity index (χ4n) is 2.17. The summed E-state index contributed by atoms with van der Waals surface area (Å²) < 4.78 is 5.14. The first-order chi connectivity index (χ1) is 10.6. The molecule has 1 fully saturated rings. The third-order valence-electron chi connectivity index (χ3n) is 3.20. The number of thiocarbonyl (C=S) groups is 1. The van der Waals surface area contributed by atoms with E-state index in [4.69, 9.17) is 17.0 Å². The van der Waals surface area contributed by atoms with Gasteiger partial charge in [-0.15, -0.1) is 0 Å². The van der Waals surface area contributed by atoms with E-state index < -0.39 is 5.92 Å². The van der Waals surface area contributed by atoms with E-state index in [-0.39, 0.29) is 18.6 Å². The molecule has 0 amide bonds. The Labute approximate surface area is 135 Å². The van der Waals surface area contributed by atoms with Gasteiger partial charge in [0.1, 0.15) is 12.5 Å². The second-order valence-corrected chi connectivity index (χ2v) is 5.22. The molecule has 2 N–H and O–H groups in total. The van der Waals surface area contributed by atoms with Crippen LogP contribution in [0.25, 0.3) is 6.08 Å². The van der Waals surface area contributed by atoms with Crippen LogP contribution in [0, 0.1) is 5.92 Å². The highest BCUT2D eigenvalue weighted by Gasteiger charge is 2.35. The first kappa shape index (κ1) is 16.0. The van der Waals surface area contributed by atoms with Gasteiger partial charge in [0.25, 0.3) is 0 Å². The lowest BCUT2D eigenvalue weighted by atomic mass is 9.94. The molecule has 1 aromatic rings. The normalized spacial score (nSPS) is 21.1. The minimum atomic E-state index is -0.549. The molecule has 1 saturated heterocycles. The van der Waals surface area contributed by atoms with E-state index in [9.17, 15) is 4.79 Å². The maximum absolute atomic E-state index is 12.2. The zero-order chi connectivity index (χ0) is 15.9. The number of carbonyl (C=O) groups excluding carboxylic acids is 1. The largest absolute Gasteiger partial charge is 0.461 e. The van der Waals surface area contributed by atoms with E-state index in [2.05, 4.69) is 23.8 Å². The third kappa shape index (κ3) is 4.05. The zero-order valence-electron chi connectivity index (χ0n) is 12.1. The lowest BCUT2D eigenvalue weighted by Gasteiger charge is -2.32. The highest BCUT2D eigenvalue weighted by molar-refractivity contribution is 7.80. The van der Waals surface area contributed by atoms with Crippen LogP contribution in [0.1, 0.15) is 5.56 Å². The standard InChI is InChI=1S/C17H18N2O2S/c1-3-11-21-16(20)15-12(2)18-17(22)19-14(15)10-9-13-7-5-4-6-8-13/h3-10,14-15H,1-2,11H2,(H2,18,19,22)/b10-9-/t14-,15-/m1/s1. The van der Waals surface area contributed by atoms with E-state index >= 15 is 0 Å². The van der Waals surface area contributed by atoms with Gasteiger partial charge in [0.05, 0.1) is 6.04 Å². The molecule has 2 rings (SSSR count). The number of hydrogen-bond acceptors (Lipinski definition) is 3. The Hall–Kier alpha value is -2.40. The van der Waals surface area contributed by atoms with Crippen molar-refractivity contribution in [3.63, 3.8) is 0 Å². The van der Waals surface area contributed by atoms with Gasteiger partial charge in [0.15, 0.2) is 5.11 Å². The SMILES string of the molecule is C=CCOC(=O)[C@@H]1C(=C)NC(=S)N[C@@H]1/C=C\c1ccccc1. The molecule has 5 heteroatoms. The summed E-state index contributed by atoms with van der Waals surface area (Å²) >= 11 is 5.13. The van der Waals surface area contributed by atoms with Gasteiger partial charge in [-0.1, -0.05) is 61.7 Å². The Kier molecular flexibility index (Phi) is 5.49. The summed E-state index contributed by atoms with van der Waals surface area (Å²) in [5.41, 5.74) is 1.57. The van der Waals surface area contributed by atoms with E-state index in [1.165, 1.54) is 6.08 Å². The molecule has 1 heterocycles. The highest BCUT2D eigenvalue weighted by atomic mass is 32.1. The second kappa shape index (κ2) is 7.56. The van der Waals surface area contributed by atoms with Crippen LogP contribution in [-0.2, 0) is 9.53 Å². The summed E-state index contributed by atoms with van der Waals surface area (Å²) in [6.07, 6.45) is 5.37. The second-order valence-electron chi connectivity index (χ2n) is 4.82. The van der Waals surface area contributed by atoms with Crippen LogP contribution in [0.15, 0.2) is 61.3 Å². The van der Waals surface area contributed by atoms with Crippen LogP contribution in [0.4, 0.5) is 0 Å². The molecule has 0 unspecified atom stereocenters. The van der Waals surface area contributed by atoms with Gasteiger partial charge >= 0.3 is 5.97 Å². The van der Waals surface area contributed by atoms with Crippen molar-refractivity contribution in [2.75, 3.05) is 6.61 Å². The highest BCUT2D eigenvalue weighted by Crippen LogP contribution is 2.20. The molecule has 114 valence electrons. The number of hydrogen-bond donors (Lipinski definition) is 2. The van der Waals surface area contributed by atoms with E-state index in [1.54, 1.807) is 0 Å². The molecule has 0 bridgehead atoms. The molecular weight excluding hydrogens is 296 g/mol. The van der Waals surface area contributed by atoms with Crippen LogP contribution in [0.3, 0.4) is 0 Å². The van der Waals surface area contributed by atoms with Crippen molar-refractivity contribution in [3.8, 4) is 0 Å². The molecule has 1 aliphatic heterocycles. The summed E-state index contributed by atoms with van der Waals surface area (Å²) in [5, 5.41) is 6.40. The van der Waals surface area contributed by atoms with Crippen LogP contribution >= 0.6 is 12.2 Å². The Morgan fingerprint density at radius 3 is 2.77 bits per heavy atom. The Bertz CT molecular complexity index is 610. The Morgan fingerprint density at radius 1 is 1.36 bits per heavy atom. The summed E-state index contributed by atoms with van der Waals surface area (Å²) in [6.45, 7) is 7.59. The molecule has 0 saturated carbocycles. The Balaban J connectivity index is 2.17. The summed E-state index contributed by atoms with van der Waals surface area (Å²) in [4.78, 5) is 12.2. The number of esters is 1. The van der Waals surface area contributed by atoms with Crippen LogP contribution in [0.2, 0.25) is 0 Å². The fourth-order valence-corrected chi connectivity index (χ4v) is 2.44. The first-order valence-corrected chi connectivity index (χ1v) is 7.29. The van der Waals surface area contributed by atoms with Gasteiger partial charge in [0.2, 0.25) is 0 Å². The van der Waals surface area contributed by atoms with Gasteiger partial charge < -0.3 is 15.4 Å². The third-order valence-corrected chi connectivity index (χ3v) is 3.42. The zero-order valence-corrected chi connectivity index (χ0v) is 12.9. The van der Waals surface area contributed by atoms with Gasteiger partial charge in [-0.3, -0.25) is 4.79 Å². The van der Waals surface area contributed by atoms with Crippen molar-refractivity contribution < 1.29 is 9.53 Å². The van der Waals surface area contributed by atoms with E-state index in [0.717, 1.165) is 5.56 Å². The molecule has 0 radical (unpaired) electrons. The van der Waals surface area contributed by atoms with Crippen LogP contribution < -0.4 is 10.6 Å². The molecule has 0 aromatic heterocycles. The fraction of sp³-hybridized carbons (Fsp3) is 0.176. The molecule has 1 aliphatic rings. The van der Waals surface area contributed by atoms with Gasteiger partial charge in [-0.25, -0.2) is 0 Å². The molecule has 22 heavy (non-hydrogen) atoms. The number of carbonyl (C=O) groups is 1. The summed E-state index contributed by atoms with van der Waals surface area (Å²) in [6, 6.07) is 9.51. The Morgan fingerprint density at radius 2 is 2.09 bits per heavy atom. The van der Waals surface area contributed by atoms with E-state index in [0.29, 0.717) is 10.8 Å². The van der Waals surface area contributed by atoms with Crippen molar-refractivity contribution in [1.82, 2.24) is 10.6 Å². The van der Waals surface area contributed by atoms with Crippen molar-refractivity contribution in [2.45, 2.75) is 6.04 Å². The maximum Gasteiger partial charge on any atom is 0.317 e. The predicted molar refractivity (Wildman–Crippen MR) is 91.9 cm³/mol. The number of benzene rings is 1. The summed E-state index contributed by atoms with van der Waals surface area (Å²) in [5.74, 6) is -0.915. The minimum absolute atomic E-state index is 0.169. The predicted octanol–water partition coefficient (Wildman–Crippen LogP) is 2.41. The first-order valence-electron chi connectivity index (χ1n) is 6.89. The molecular formula is C17H18N2O2S. The van der Waals surface area contributed by atoms with Gasteiger partial charge in [0, 0.05) is 5.70 Å². The minimum Gasteiger partial charge on any atom is -0.461 e. The van der Waals surface area contributed by atoms with Crippen molar-refractivity contribution >= 4 is 29.4 Å². The lowest BCUT2D eigenvalue weighted by molar-refractivity contribution is -0.146. The van der Waals surface area contributed by atoms with Crippen LogP contribution in [0.5, 0.6) is 0 Å². The lowest BCUT2D eigenvalue weighted by Crippen LogP contribution is -2.54. The summed E-state index contributed by atoms with van der Waals surface area (Å²) in [7, 11) is 0. The average Bonchev–Trinajstić information content (AvgIpc) is 2.51. The number of rotatable bonds is 5. The smallest absolute Gasteiger partial charge is 0.317 e. The average molecular weight is 314 g/mol. The molecule has 4 nitrogen and oxygen atoms in total. The quantitative estimate of drug-likeness (QED) is 0.496. The van der Waals surface area contributed by atoms with Gasteiger partial charge in [-0.2, -0.15) is 0 Å². The molecule has 2 atom stereocenters. The van der Waals surface area contributed by atoms with Crippen molar-refractivity contribution in [3.05, 3.63) is 66.9 Å². The van der Waals surface area contributed by atoms with Gasteiger partial charge in [-0.05, 0) is 17.8 Å². The van der Waals surface area contributed by atoms with E-state index in [1.807, 2.05) is 42.5 Å². The topological polar surface area (TPSA) is 50.4 Å². The number of nitrogens with one attached hydrogen (secondary N) is 2. The molecule has 0 aliphatic carbocycles. The van der Waals surface area contributed by atoms with Crippen molar-refractivity contribution in [1.29, 1.82) is 0 Å².